The lowest BCUT2D eigenvalue weighted by Gasteiger charge is -2.37. The molecule has 0 bridgehead atoms. The third-order valence-corrected chi connectivity index (χ3v) is 7.38. The number of carbonyl (C=O) groups is 3. The number of aliphatic imine (C=N–C) groups is 1. The van der Waals surface area contributed by atoms with Gasteiger partial charge in [0.05, 0.1) is 16.9 Å². The maximum Gasteiger partial charge on any atom is 0.257 e. The monoisotopic (exact) mass is 543 g/mol. The fraction of sp³-hybridized carbons (Fsp3) is 0.385. The average molecular weight is 544 g/mol. The molecule has 5 N–H and O–H groups in total. The maximum atomic E-state index is 13.3. The summed E-state index contributed by atoms with van der Waals surface area (Å²) in [6.07, 6.45) is 1.31. The van der Waals surface area contributed by atoms with E-state index >= 15 is 0 Å². The number of hydrogen-bond donors (Lipinski definition) is 4. The van der Waals surface area contributed by atoms with Gasteiger partial charge in [-0.15, -0.1) is 0 Å². The Morgan fingerprint density at radius 3 is 2.50 bits per heavy atom. The van der Waals surface area contributed by atoms with Crippen LogP contribution < -0.4 is 21.7 Å². The number of halogens is 2. The highest BCUT2D eigenvalue weighted by Gasteiger charge is 2.52. The van der Waals surface area contributed by atoms with Crippen molar-refractivity contribution >= 4 is 41.3 Å². The van der Waals surface area contributed by atoms with Gasteiger partial charge in [-0.25, -0.2) is 4.39 Å². The minimum atomic E-state index is -1.59. The molecule has 3 atom stereocenters. The van der Waals surface area contributed by atoms with E-state index in [1.807, 2.05) is 0 Å². The SMILES string of the molecule is CC(CNC(=O)C1N=CNC1(C(N)=O)c1ccc(NC(=O)c2ccc(F)cc2Cl)cc1)N1CCN(C)CC1. The summed E-state index contributed by atoms with van der Waals surface area (Å²) >= 11 is 5.98. The average Bonchev–Trinajstić information content (AvgIpc) is 3.34. The number of primary amides is 1. The standard InChI is InChI=1S/C26H31ClFN7O3/c1-16(35-11-9-34(2)10-12-35)14-30-24(37)22-26(25(29)38,32-15-31-22)17-3-6-19(7-4-17)33-23(36)20-8-5-18(28)13-21(20)27/h3-8,13,15-16,22H,9-12,14H2,1-2H3,(H2,29,38)(H,30,37)(H,31,32)(H,33,36). The lowest BCUT2D eigenvalue weighted by molar-refractivity contribution is -0.131. The smallest absolute Gasteiger partial charge is 0.257 e. The Labute approximate surface area is 225 Å². The van der Waals surface area contributed by atoms with Gasteiger partial charge in [-0.2, -0.15) is 0 Å². The zero-order valence-electron chi connectivity index (χ0n) is 21.2. The van der Waals surface area contributed by atoms with E-state index in [1.165, 1.54) is 12.4 Å². The number of piperazine rings is 1. The van der Waals surface area contributed by atoms with Crippen molar-refractivity contribution in [2.75, 3.05) is 45.1 Å². The zero-order valence-corrected chi connectivity index (χ0v) is 22.0. The molecule has 2 aliphatic heterocycles. The van der Waals surface area contributed by atoms with E-state index in [9.17, 15) is 18.8 Å². The third kappa shape index (κ3) is 5.64. The van der Waals surface area contributed by atoms with Gasteiger partial charge >= 0.3 is 0 Å². The molecule has 3 unspecified atom stereocenters. The van der Waals surface area contributed by atoms with Crippen LogP contribution >= 0.6 is 11.6 Å². The summed E-state index contributed by atoms with van der Waals surface area (Å²) in [7, 11) is 2.08. The summed E-state index contributed by atoms with van der Waals surface area (Å²) in [5.74, 6) is -2.26. The minimum Gasteiger partial charge on any atom is -0.367 e. The van der Waals surface area contributed by atoms with Gasteiger partial charge in [-0.1, -0.05) is 23.7 Å². The van der Waals surface area contributed by atoms with Crippen LogP contribution in [0.25, 0.3) is 0 Å². The van der Waals surface area contributed by atoms with Crippen molar-refractivity contribution in [2.45, 2.75) is 24.5 Å². The Bertz CT molecular complexity index is 1230. The molecular weight excluding hydrogens is 513 g/mol. The van der Waals surface area contributed by atoms with E-state index in [-0.39, 0.29) is 16.6 Å². The number of nitrogens with zero attached hydrogens (tertiary/aromatic N) is 3. The number of anilines is 1. The molecule has 4 rings (SSSR count). The molecule has 0 aliphatic carbocycles. The van der Waals surface area contributed by atoms with Crippen molar-refractivity contribution in [2.24, 2.45) is 10.7 Å². The largest absolute Gasteiger partial charge is 0.367 e. The van der Waals surface area contributed by atoms with Gasteiger partial charge in [0.25, 0.3) is 11.8 Å². The van der Waals surface area contributed by atoms with Crippen LogP contribution in [-0.2, 0) is 15.1 Å². The molecule has 1 fully saturated rings. The number of hydrogen-bond acceptors (Lipinski definition) is 7. The Morgan fingerprint density at radius 2 is 1.87 bits per heavy atom. The highest BCUT2D eigenvalue weighted by molar-refractivity contribution is 6.34. The maximum absolute atomic E-state index is 13.3. The molecule has 12 heteroatoms. The molecule has 38 heavy (non-hydrogen) atoms. The van der Waals surface area contributed by atoms with Crippen molar-refractivity contribution in [3.8, 4) is 0 Å². The van der Waals surface area contributed by atoms with E-state index < -0.39 is 35.1 Å². The predicted molar refractivity (Wildman–Crippen MR) is 144 cm³/mol. The summed E-state index contributed by atoms with van der Waals surface area (Å²) in [5.41, 5.74) is 5.14. The van der Waals surface area contributed by atoms with Gasteiger partial charge in [0.1, 0.15) is 5.82 Å². The van der Waals surface area contributed by atoms with E-state index in [4.69, 9.17) is 17.3 Å². The van der Waals surface area contributed by atoms with Crippen LogP contribution in [-0.4, -0.2) is 85.7 Å². The first-order chi connectivity index (χ1) is 18.1. The first-order valence-corrected chi connectivity index (χ1v) is 12.7. The van der Waals surface area contributed by atoms with Crippen LogP contribution in [0.15, 0.2) is 47.5 Å². The number of likely N-dealkylation sites (N-methyl/N-ethyl adjacent to an activating group) is 1. The second kappa shape index (κ2) is 11.5. The molecule has 3 amide bonds. The van der Waals surface area contributed by atoms with Crippen LogP contribution in [0.2, 0.25) is 5.02 Å². The summed E-state index contributed by atoms with van der Waals surface area (Å²) in [6.45, 7) is 6.21. The van der Waals surface area contributed by atoms with Gasteiger partial charge in [0, 0.05) is 44.5 Å². The fourth-order valence-corrected chi connectivity index (χ4v) is 4.94. The Kier molecular flexibility index (Phi) is 8.29. The molecule has 2 aromatic carbocycles. The molecule has 2 heterocycles. The number of carbonyl (C=O) groups excluding carboxylic acids is 3. The summed E-state index contributed by atoms with van der Waals surface area (Å²) in [4.78, 5) is 47.3. The third-order valence-electron chi connectivity index (χ3n) is 7.07. The molecular formula is C26H31ClFN7O3. The normalized spacial score (nSPS) is 22.5. The number of benzene rings is 2. The molecule has 1 saturated heterocycles. The second-order valence-electron chi connectivity index (χ2n) is 9.59. The molecule has 0 radical (unpaired) electrons. The number of nitrogens with two attached hydrogens (primary N) is 1. The molecule has 202 valence electrons. The van der Waals surface area contributed by atoms with Crippen molar-refractivity contribution in [3.05, 3.63) is 64.4 Å². The second-order valence-corrected chi connectivity index (χ2v) is 9.99. The summed E-state index contributed by atoms with van der Waals surface area (Å²) < 4.78 is 13.3. The first-order valence-electron chi connectivity index (χ1n) is 12.3. The lowest BCUT2D eigenvalue weighted by Crippen LogP contribution is -2.60. The van der Waals surface area contributed by atoms with Crippen LogP contribution in [0.4, 0.5) is 10.1 Å². The topological polar surface area (TPSA) is 132 Å². The quantitative estimate of drug-likeness (QED) is 0.395. The van der Waals surface area contributed by atoms with Crippen molar-refractivity contribution in [1.29, 1.82) is 0 Å². The van der Waals surface area contributed by atoms with Crippen LogP contribution in [0.1, 0.15) is 22.8 Å². The van der Waals surface area contributed by atoms with E-state index in [0.29, 0.717) is 17.8 Å². The molecule has 10 nitrogen and oxygen atoms in total. The summed E-state index contributed by atoms with van der Waals surface area (Å²) in [6, 6.07) is 8.80. The van der Waals surface area contributed by atoms with Gasteiger partial charge in [-0.05, 0) is 49.9 Å². The zero-order chi connectivity index (χ0) is 27.4. The molecule has 0 saturated carbocycles. The lowest BCUT2D eigenvalue weighted by atomic mass is 9.82. The van der Waals surface area contributed by atoms with Crippen LogP contribution in [0, 0.1) is 5.82 Å². The van der Waals surface area contributed by atoms with Gasteiger partial charge < -0.3 is 26.6 Å². The van der Waals surface area contributed by atoms with Crippen molar-refractivity contribution < 1.29 is 18.8 Å². The Balaban J connectivity index is 1.45. The van der Waals surface area contributed by atoms with E-state index in [1.54, 1.807) is 24.3 Å². The van der Waals surface area contributed by atoms with Crippen LogP contribution in [0.3, 0.4) is 0 Å². The van der Waals surface area contributed by atoms with Crippen molar-refractivity contribution in [3.63, 3.8) is 0 Å². The first kappa shape index (κ1) is 27.5. The molecule has 2 aliphatic rings. The molecule has 2 aromatic rings. The predicted octanol–water partition coefficient (Wildman–Crippen LogP) is 1.16. The Morgan fingerprint density at radius 1 is 1.18 bits per heavy atom. The molecule has 0 spiro atoms. The van der Waals surface area contributed by atoms with Gasteiger partial charge in [-0.3, -0.25) is 24.3 Å². The van der Waals surface area contributed by atoms with Gasteiger partial charge in [0.15, 0.2) is 11.6 Å². The Hall–Kier alpha value is -3.54. The number of amides is 3. The minimum absolute atomic E-state index is 0.0186. The van der Waals surface area contributed by atoms with Crippen molar-refractivity contribution in [1.82, 2.24) is 20.4 Å². The van der Waals surface area contributed by atoms with Gasteiger partial charge in [0.2, 0.25) is 5.91 Å². The van der Waals surface area contributed by atoms with E-state index in [0.717, 1.165) is 38.3 Å². The highest BCUT2D eigenvalue weighted by Crippen LogP contribution is 2.31. The van der Waals surface area contributed by atoms with E-state index in [2.05, 4.69) is 44.7 Å². The number of nitrogens with one attached hydrogen (secondary N) is 3. The fourth-order valence-electron chi connectivity index (χ4n) is 4.68. The van der Waals surface area contributed by atoms with Crippen LogP contribution in [0.5, 0.6) is 0 Å². The highest BCUT2D eigenvalue weighted by atomic mass is 35.5. The number of rotatable bonds is 8. The molecule has 0 aromatic heterocycles. The summed E-state index contributed by atoms with van der Waals surface area (Å²) in [5, 5.41) is 8.47.